The molecule has 0 amide bonds. The molecule has 8 heteroatoms. The van der Waals surface area contributed by atoms with Gasteiger partial charge in [-0.3, -0.25) is 9.69 Å². The highest BCUT2D eigenvalue weighted by Crippen LogP contribution is 2.32. The SMILES string of the molecule is CCOC(=O)C(C)(Cc1ccc(OCCN2CCCCCC2)cc1)S(=O)(=O)c1ccc(OC)cc1. The molecular formula is C27H37NO6S. The van der Waals surface area contributed by atoms with Gasteiger partial charge in [0, 0.05) is 13.0 Å². The summed E-state index contributed by atoms with van der Waals surface area (Å²) in [6, 6.07) is 13.3. The molecule has 2 aromatic carbocycles. The van der Waals surface area contributed by atoms with Gasteiger partial charge in [-0.25, -0.2) is 8.42 Å². The van der Waals surface area contributed by atoms with Crippen LogP contribution in [0.15, 0.2) is 53.4 Å². The Balaban J connectivity index is 1.72. The van der Waals surface area contributed by atoms with E-state index in [1.807, 2.05) is 24.3 Å². The molecule has 0 spiro atoms. The van der Waals surface area contributed by atoms with Crippen LogP contribution in [0.3, 0.4) is 0 Å². The zero-order valence-electron chi connectivity index (χ0n) is 21.0. The van der Waals surface area contributed by atoms with E-state index in [1.165, 1.54) is 51.8 Å². The predicted octanol–water partition coefficient (Wildman–Crippen LogP) is 4.29. The van der Waals surface area contributed by atoms with E-state index in [1.54, 1.807) is 19.1 Å². The number of hydrogen-bond donors (Lipinski definition) is 0. The number of methoxy groups -OCH3 is 1. The Labute approximate surface area is 209 Å². The van der Waals surface area contributed by atoms with Crippen molar-refractivity contribution in [3.63, 3.8) is 0 Å². The minimum atomic E-state index is -4.05. The minimum absolute atomic E-state index is 0.0196. The van der Waals surface area contributed by atoms with Gasteiger partial charge in [0.1, 0.15) is 18.1 Å². The van der Waals surface area contributed by atoms with Gasteiger partial charge in [-0.15, -0.1) is 0 Å². The number of ether oxygens (including phenoxy) is 3. The molecule has 1 unspecified atom stereocenters. The summed E-state index contributed by atoms with van der Waals surface area (Å²) in [7, 11) is -2.54. The topological polar surface area (TPSA) is 82.1 Å². The van der Waals surface area contributed by atoms with E-state index in [0.29, 0.717) is 17.9 Å². The van der Waals surface area contributed by atoms with Crippen molar-refractivity contribution in [2.45, 2.75) is 55.6 Å². The van der Waals surface area contributed by atoms with Crippen LogP contribution in [0.4, 0.5) is 0 Å². The van der Waals surface area contributed by atoms with Crippen LogP contribution in [-0.4, -0.2) is 64.0 Å². The first-order chi connectivity index (χ1) is 16.8. The molecule has 1 aliphatic heterocycles. The Hall–Kier alpha value is -2.58. The van der Waals surface area contributed by atoms with Crippen molar-refractivity contribution in [2.24, 2.45) is 0 Å². The Kier molecular flexibility index (Phi) is 9.57. The van der Waals surface area contributed by atoms with Crippen molar-refractivity contribution < 1.29 is 27.4 Å². The molecular weight excluding hydrogens is 466 g/mol. The maximum Gasteiger partial charge on any atom is 0.327 e. The molecule has 1 heterocycles. The van der Waals surface area contributed by atoms with E-state index in [9.17, 15) is 13.2 Å². The second-order valence-electron chi connectivity index (χ2n) is 9.06. The number of nitrogens with zero attached hydrogens (tertiary/aromatic N) is 1. The van der Waals surface area contributed by atoms with Crippen LogP contribution in [0.5, 0.6) is 11.5 Å². The Morgan fingerprint density at radius 3 is 2.11 bits per heavy atom. The molecule has 7 nitrogen and oxygen atoms in total. The monoisotopic (exact) mass is 503 g/mol. The largest absolute Gasteiger partial charge is 0.497 e. The van der Waals surface area contributed by atoms with Crippen molar-refractivity contribution in [3.8, 4) is 11.5 Å². The molecule has 2 aromatic rings. The van der Waals surface area contributed by atoms with Crippen molar-refractivity contribution >= 4 is 15.8 Å². The highest BCUT2D eigenvalue weighted by Gasteiger charge is 2.48. The van der Waals surface area contributed by atoms with Crippen LogP contribution < -0.4 is 9.47 Å². The van der Waals surface area contributed by atoms with Gasteiger partial charge in [0.2, 0.25) is 0 Å². The minimum Gasteiger partial charge on any atom is -0.497 e. The van der Waals surface area contributed by atoms with Gasteiger partial charge >= 0.3 is 5.97 Å². The highest BCUT2D eigenvalue weighted by atomic mass is 32.2. The van der Waals surface area contributed by atoms with Crippen LogP contribution in [0.2, 0.25) is 0 Å². The number of carbonyl (C=O) groups excluding carboxylic acids is 1. The molecule has 1 aliphatic rings. The molecule has 192 valence electrons. The fraction of sp³-hybridized carbons (Fsp3) is 0.519. The van der Waals surface area contributed by atoms with E-state index in [0.717, 1.165) is 25.4 Å². The van der Waals surface area contributed by atoms with Crippen LogP contribution in [-0.2, 0) is 25.8 Å². The van der Waals surface area contributed by atoms with Gasteiger partial charge < -0.3 is 14.2 Å². The number of carbonyl (C=O) groups is 1. The quantitative estimate of drug-likeness (QED) is 0.423. The van der Waals surface area contributed by atoms with E-state index in [4.69, 9.17) is 14.2 Å². The molecule has 3 rings (SSSR count). The second-order valence-corrected chi connectivity index (χ2v) is 11.4. The van der Waals surface area contributed by atoms with Gasteiger partial charge in [0.05, 0.1) is 18.6 Å². The molecule has 0 saturated carbocycles. The lowest BCUT2D eigenvalue weighted by Gasteiger charge is -2.27. The van der Waals surface area contributed by atoms with Crippen LogP contribution in [0, 0.1) is 0 Å². The molecule has 35 heavy (non-hydrogen) atoms. The lowest BCUT2D eigenvalue weighted by atomic mass is 10.00. The first kappa shape index (κ1) is 27.0. The van der Waals surface area contributed by atoms with Crippen LogP contribution in [0.1, 0.15) is 45.1 Å². The third kappa shape index (κ3) is 6.76. The first-order valence-corrected chi connectivity index (χ1v) is 13.8. The number of esters is 1. The van der Waals surface area contributed by atoms with Crippen molar-refractivity contribution in [1.29, 1.82) is 0 Å². The lowest BCUT2D eigenvalue weighted by molar-refractivity contribution is -0.145. The van der Waals surface area contributed by atoms with E-state index < -0.39 is 20.6 Å². The van der Waals surface area contributed by atoms with Crippen LogP contribution in [0.25, 0.3) is 0 Å². The molecule has 0 N–H and O–H groups in total. The smallest absolute Gasteiger partial charge is 0.327 e. The lowest BCUT2D eigenvalue weighted by Crippen LogP contribution is -2.46. The zero-order valence-corrected chi connectivity index (χ0v) is 21.8. The third-order valence-electron chi connectivity index (χ3n) is 6.51. The summed E-state index contributed by atoms with van der Waals surface area (Å²) in [6.45, 7) is 6.92. The molecule has 0 aromatic heterocycles. The fourth-order valence-corrected chi connectivity index (χ4v) is 5.97. The maximum absolute atomic E-state index is 13.6. The average molecular weight is 504 g/mol. The maximum atomic E-state index is 13.6. The number of hydrogen-bond acceptors (Lipinski definition) is 7. The molecule has 0 bridgehead atoms. The second kappa shape index (κ2) is 12.4. The molecule has 0 radical (unpaired) electrons. The van der Waals surface area contributed by atoms with Gasteiger partial charge in [-0.2, -0.15) is 0 Å². The normalized spacial score (nSPS) is 16.7. The standard InChI is InChI=1S/C27H37NO6S/c1-4-33-26(29)27(2,35(30,31)25-15-13-23(32-3)14-16-25)21-22-9-11-24(12-10-22)34-20-19-28-17-7-5-6-8-18-28/h9-16H,4-8,17-21H2,1-3H3. The van der Waals surface area contributed by atoms with E-state index >= 15 is 0 Å². The van der Waals surface area contributed by atoms with Gasteiger partial charge in [-0.1, -0.05) is 25.0 Å². The third-order valence-corrected chi connectivity index (χ3v) is 8.90. The first-order valence-electron chi connectivity index (χ1n) is 12.3. The summed E-state index contributed by atoms with van der Waals surface area (Å²) < 4.78 is 41.6. The Bertz CT molecular complexity index is 1040. The van der Waals surface area contributed by atoms with E-state index in [-0.39, 0.29) is 17.9 Å². The van der Waals surface area contributed by atoms with Crippen molar-refractivity contribution in [3.05, 3.63) is 54.1 Å². The molecule has 1 atom stereocenters. The predicted molar refractivity (Wildman–Crippen MR) is 136 cm³/mol. The average Bonchev–Trinajstić information content (AvgIpc) is 3.14. The van der Waals surface area contributed by atoms with Gasteiger partial charge in [-0.05, 0) is 81.7 Å². The van der Waals surface area contributed by atoms with Gasteiger partial charge in [0.15, 0.2) is 14.6 Å². The summed E-state index contributed by atoms with van der Waals surface area (Å²) in [5.74, 6) is 0.487. The molecule has 0 aliphatic carbocycles. The molecule has 1 fully saturated rings. The van der Waals surface area contributed by atoms with Gasteiger partial charge in [0.25, 0.3) is 0 Å². The zero-order chi connectivity index (χ0) is 25.3. The number of rotatable bonds is 11. The number of sulfone groups is 1. The molecule has 1 saturated heterocycles. The van der Waals surface area contributed by atoms with Crippen LogP contribution >= 0.6 is 0 Å². The summed E-state index contributed by atoms with van der Waals surface area (Å²) in [4.78, 5) is 15.4. The number of likely N-dealkylation sites (tertiary alicyclic amines) is 1. The summed E-state index contributed by atoms with van der Waals surface area (Å²) in [6.07, 6.45) is 5.07. The number of benzene rings is 2. The summed E-state index contributed by atoms with van der Waals surface area (Å²) in [5.41, 5.74) is 0.706. The van der Waals surface area contributed by atoms with Crippen molar-refractivity contribution in [2.75, 3.05) is 40.0 Å². The van der Waals surface area contributed by atoms with Crippen molar-refractivity contribution in [1.82, 2.24) is 4.90 Å². The fourth-order valence-electron chi connectivity index (χ4n) is 4.32. The Morgan fingerprint density at radius 2 is 1.54 bits per heavy atom. The summed E-state index contributed by atoms with van der Waals surface area (Å²) >= 11 is 0. The van der Waals surface area contributed by atoms with E-state index in [2.05, 4.69) is 4.90 Å². The Morgan fingerprint density at radius 1 is 0.943 bits per heavy atom. The highest BCUT2D eigenvalue weighted by molar-refractivity contribution is 7.93. The summed E-state index contributed by atoms with van der Waals surface area (Å²) in [5, 5.41) is 0.